The lowest BCUT2D eigenvalue weighted by Crippen LogP contribution is -2.44. The fourth-order valence-corrected chi connectivity index (χ4v) is 3.95. The van der Waals surface area contributed by atoms with E-state index < -0.39 is 0 Å². The first-order valence-electron chi connectivity index (χ1n) is 10.2. The summed E-state index contributed by atoms with van der Waals surface area (Å²) in [7, 11) is 1.86. The maximum Gasteiger partial charge on any atom is 0.276 e. The van der Waals surface area contributed by atoms with Gasteiger partial charge in [0.15, 0.2) is 5.69 Å². The molecule has 2 aromatic rings. The zero-order valence-corrected chi connectivity index (χ0v) is 16.7. The molecule has 0 saturated carbocycles. The summed E-state index contributed by atoms with van der Waals surface area (Å²) in [5, 5.41) is 8.16. The van der Waals surface area contributed by atoms with E-state index in [-0.39, 0.29) is 17.9 Å². The summed E-state index contributed by atoms with van der Waals surface area (Å²) in [6.07, 6.45) is 8.96. The highest BCUT2D eigenvalue weighted by Gasteiger charge is 2.29. The van der Waals surface area contributed by atoms with E-state index in [1.807, 2.05) is 11.9 Å². The normalized spacial score (nSPS) is 20.1. The molecule has 0 aromatic carbocycles. The predicted molar refractivity (Wildman–Crippen MR) is 103 cm³/mol. The van der Waals surface area contributed by atoms with Gasteiger partial charge in [-0.25, -0.2) is 4.98 Å². The molecule has 2 amide bonds. The van der Waals surface area contributed by atoms with E-state index in [9.17, 15) is 9.59 Å². The minimum absolute atomic E-state index is 0.0166. The summed E-state index contributed by atoms with van der Waals surface area (Å²) in [6, 6.07) is 0.140. The van der Waals surface area contributed by atoms with Crippen molar-refractivity contribution in [2.45, 2.75) is 38.3 Å². The molecule has 29 heavy (non-hydrogen) atoms. The second-order valence-corrected chi connectivity index (χ2v) is 7.63. The van der Waals surface area contributed by atoms with Gasteiger partial charge in [0.2, 0.25) is 0 Å². The fourth-order valence-electron chi connectivity index (χ4n) is 3.95. The monoisotopic (exact) mass is 401 g/mol. The Bertz CT molecular complexity index is 856. The number of amides is 2. The lowest BCUT2D eigenvalue weighted by molar-refractivity contribution is 0.0299. The number of hydrogen-bond donors (Lipinski definition) is 0. The van der Waals surface area contributed by atoms with Gasteiger partial charge in [-0.2, -0.15) is 0 Å². The first-order chi connectivity index (χ1) is 14.1. The second-order valence-electron chi connectivity index (χ2n) is 7.63. The molecule has 2 fully saturated rings. The van der Waals surface area contributed by atoms with Crippen molar-refractivity contribution in [1.82, 2.24) is 34.3 Å². The van der Waals surface area contributed by atoms with Crippen LogP contribution in [0.15, 0.2) is 18.7 Å². The van der Waals surface area contributed by atoms with Gasteiger partial charge in [-0.15, -0.1) is 5.10 Å². The SMILES string of the molecule is Cn1cnc(C(=O)N2CCCCC2CCn2cc(C(=O)N3CCOCC3)nn2)c1. The Kier molecular flexibility index (Phi) is 5.89. The minimum atomic E-state index is -0.107. The summed E-state index contributed by atoms with van der Waals surface area (Å²) < 4.78 is 8.77. The van der Waals surface area contributed by atoms with Gasteiger partial charge < -0.3 is 19.1 Å². The molecule has 2 saturated heterocycles. The van der Waals surface area contributed by atoms with Crippen LogP contribution in [-0.2, 0) is 18.3 Å². The van der Waals surface area contributed by atoms with Crippen LogP contribution in [0.5, 0.6) is 0 Å². The van der Waals surface area contributed by atoms with Crippen LogP contribution >= 0.6 is 0 Å². The van der Waals surface area contributed by atoms with Crippen molar-refractivity contribution >= 4 is 11.8 Å². The topological polar surface area (TPSA) is 98.4 Å². The molecule has 1 atom stereocenters. The number of piperidine rings is 1. The summed E-state index contributed by atoms with van der Waals surface area (Å²) in [6.45, 7) is 3.64. The van der Waals surface area contributed by atoms with Gasteiger partial charge in [0.1, 0.15) is 5.69 Å². The standard InChI is InChI=1S/C19H27N7O3/c1-23-12-16(20-14-23)19(28)26-6-3-2-4-15(26)5-7-25-13-17(21-22-25)18(27)24-8-10-29-11-9-24/h12-15H,2-11H2,1H3. The molecular formula is C19H27N7O3. The molecule has 4 heterocycles. The number of hydrogen-bond acceptors (Lipinski definition) is 6. The Hall–Kier alpha value is -2.75. The van der Waals surface area contributed by atoms with E-state index in [0.717, 1.165) is 32.2 Å². The second kappa shape index (κ2) is 8.73. The predicted octanol–water partition coefficient (Wildman–Crippen LogP) is 0.569. The van der Waals surface area contributed by atoms with Gasteiger partial charge in [0.25, 0.3) is 11.8 Å². The maximum absolute atomic E-state index is 12.9. The van der Waals surface area contributed by atoms with E-state index in [1.165, 1.54) is 0 Å². The molecule has 2 aliphatic rings. The zero-order valence-electron chi connectivity index (χ0n) is 16.7. The highest BCUT2D eigenvalue weighted by Crippen LogP contribution is 2.22. The number of carbonyl (C=O) groups is 2. The van der Waals surface area contributed by atoms with Crippen LogP contribution in [0.3, 0.4) is 0 Å². The Balaban J connectivity index is 1.36. The Morgan fingerprint density at radius 3 is 2.69 bits per heavy atom. The smallest absolute Gasteiger partial charge is 0.276 e. The number of imidazole rings is 1. The van der Waals surface area contributed by atoms with Crippen LogP contribution in [0.25, 0.3) is 0 Å². The van der Waals surface area contributed by atoms with Gasteiger partial charge in [0, 0.05) is 45.5 Å². The fraction of sp³-hybridized carbons (Fsp3) is 0.632. The molecule has 156 valence electrons. The van der Waals surface area contributed by atoms with Crippen LogP contribution in [0, 0.1) is 0 Å². The molecule has 1 unspecified atom stereocenters. The molecule has 0 N–H and O–H groups in total. The number of likely N-dealkylation sites (tertiary alicyclic amines) is 1. The van der Waals surface area contributed by atoms with Crippen molar-refractivity contribution in [2.75, 3.05) is 32.8 Å². The van der Waals surface area contributed by atoms with Crippen molar-refractivity contribution in [3.63, 3.8) is 0 Å². The quantitative estimate of drug-likeness (QED) is 0.726. The first kappa shape index (κ1) is 19.6. The lowest BCUT2D eigenvalue weighted by Gasteiger charge is -2.35. The number of ether oxygens (including phenoxy) is 1. The zero-order chi connectivity index (χ0) is 20.2. The van der Waals surface area contributed by atoms with E-state index in [4.69, 9.17) is 4.74 Å². The van der Waals surface area contributed by atoms with Gasteiger partial charge in [-0.3, -0.25) is 14.3 Å². The minimum Gasteiger partial charge on any atom is -0.378 e. The number of morpholine rings is 1. The Labute approximate surface area is 169 Å². The molecule has 0 bridgehead atoms. The number of aryl methyl sites for hydroxylation is 2. The van der Waals surface area contributed by atoms with Crippen LogP contribution in [0.2, 0.25) is 0 Å². The molecule has 2 aromatic heterocycles. The number of rotatable bonds is 5. The highest BCUT2D eigenvalue weighted by molar-refractivity contribution is 5.92. The van der Waals surface area contributed by atoms with Crippen LogP contribution in [0.1, 0.15) is 46.7 Å². The number of nitrogens with zero attached hydrogens (tertiary/aromatic N) is 7. The summed E-state index contributed by atoms with van der Waals surface area (Å²) in [5.41, 5.74) is 0.843. The van der Waals surface area contributed by atoms with E-state index >= 15 is 0 Å². The summed E-state index contributed by atoms with van der Waals surface area (Å²) in [4.78, 5) is 33.2. The Morgan fingerprint density at radius 1 is 1.10 bits per heavy atom. The van der Waals surface area contributed by atoms with E-state index in [1.54, 1.807) is 32.9 Å². The van der Waals surface area contributed by atoms with Crippen LogP contribution in [-0.4, -0.2) is 85.0 Å². The van der Waals surface area contributed by atoms with Gasteiger partial charge >= 0.3 is 0 Å². The van der Waals surface area contributed by atoms with Gasteiger partial charge in [-0.1, -0.05) is 5.21 Å². The van der Waals surface area contributed by atoms with Crippen LogP contribution in [0.4, 0.5) is 0 Å². The largest absolute Gasteiger partial charge is 0.378 e. The summed E-state index contributed by atoms with van der Waals surface area (Å²) >= 11 is 0. The molecule has 10 heteroatoms. The molecule has 0 radical (unpaired) electrons. The van der Waals surface area contributed by atoms with E-state index in [2.05, 4.69) is 15.3 Å². The van der Waals surface area contributed by atoms with Crippen molar-refractivity contribution < 1.29 is 14.3 Å². The average molecular weight is 401 g/mol. The van der Waals surface area contributed by atoms with Crippen molar-refractivity contribution in [3.05, 3.63) is 30.1 Å². The Morgan fingerprint density at radius 2 is 1.93 bits per heavy atom. The lowest BCUT2D eigenvalue weighted by atomic mass is 9.99. The molecule has 10 nitrogen and oxygen atoms in total. The summed E-state index contributed by atoms with van der Waals surface area (Å²) in [5.74, 6) is -0.124. The van der Waals surface area contributed by atoms with E-state index in [0.29, 0.717) is 44.2 Å². The van der Waals surface area contributed by atoms with Crippen molar-refractivity contribution in [2.24, 2.45) is 7.05 Å². The third-order valence-electron chi connectivity index (χ3n) is 5.56. The molecule has 4 rings (SSSR count). The van der Waals surface area contributed by atoms with Gasteiger partial charge in [0.05, 0.1) is 25.7 Å². The van der Waals surface area contributed by atoms with Crippen molar-refractivity contribution in [1.29, 1.82) is 0 Å². The number of carbonyl (C=O) groups excluding carboxylic acids is 2. The molecular weight excluding hydrogens is 374 g/mol. The number of aromatic nitrogens is 5. The first-order valence-corrected chi connectivity index (χ1v) is 10.2. The molecule has 0 aliphatic carbocycles. The highest BCUT2D eigenvalue weighted by atomic mass is 16.5. The van der Waals surface area contributed by atoms with Crippen LogP contribution < -0.4 is 0 Å². The van der Waals surface area contributed by atoms with Crippen molar-refractivity contribution in [3.8, 4) is 0 Å². The third kappa shape index (κ3) is 4.47. The molecule has 0 spiro atoms. The third-order valence-corrected chi connectivity index (χ3v) is 5.56. The average Bonchev–Trinajstić information content (AvgIpc) is 3.41. The molecule has 2 aliphatic heterocycles. The van der Waals surface area contributed by atoms with Gasteiger partial charge in [-0.05, 0) is 25.7 Å². The maximum atomic E-state index is 12.9.